The van der Waals surface area contributed by atoms with Gasteiger partial charge in [0.2, 0.25) is 0 Å². The van der Waals surface area contributed by atoms with Crippen molar-refractivity contribution in [3.63, 3.8) is 0 Å². The van der Waals surface area contributed by atoms with E-state index in [1.54, 1.807) is 35.2 Å². The van der Waals surface area contributed by atoms with E-state index in [0.717, 1.165) is 0 Å². The first-order valence-electron chi connectivity index (χ1n) is 10.8. The highest BCUT2D eigenvalue weighted by Gasteiger charge is 2.22. The Morgan fingerprint density at radius 3 is 2.50 bits per heavy atom. The van der Waals surface area contributed by atoms with Crippen LogP contribution in [-0.4, -0.2) is 60.0 Å². The zero-order valence-corrected chi connectivity index (χ0v) is 18.6. The molecule has 10 heteroatoms. The molecule has 1 saturated heterocycles. The van der Waals surface area contributed by atoms with Crippen LogP contribution in [-0.2, 0) is 4.74 Å². The SMILES string of the molecule is COC(=O)c1ccccc1NC(=O)N1CCCN(c2ccc(=O)n(-c3ccc(F)cc3)n2)CC1. The van der Waals surface area contributed by atoms with E-state index in [1.165, 1.54) is 42.1 Å². The summed E-state index contributed by atoms with van der Waals surface area (Å²) in [6.07, 6.45) is 0.684. The molecule has 0 spiro atoms. The number of nitrogens with one attached hydrogen (secondary N) is 1. The Bertz CT molecular complexity index is 1240. The molecule has 2 aromatic carbocycles. The molecule has 1 N–H and O–H groups in total. The van der Waals surface area contributed by atoms with Crippen molar-refractivity contribution in [3.05, 3.63) is 82.4 Å². The standard InChI is InChI=1S/C24H24FN5O4/c1-34-23(32)19-5-2-3-6-20(19)26-24(33)29-14-4-13-28(15-16-29)21-11-12-22(31)30(27-21)18-9-7-17(25)8-10-18/h2-3,5-12H,4,13-16H2,1H3,(H,26,33). The number of urea groups is 1. The molecule has 176 valence electrons. The molecule has 0 bridgehead atoms. The number of methoxy groups -OCH3 is 1. The Labute approximate surface area is 195 Å². The second-order valence-electron chi connectivity index (χ2n) is 7.71. The average molecular weight is 465 g/mol. The molecule has 4 rings (SSSR count). The van der Waals surface area contributed by atoms with Crippen molar-refractivity contribution in [1.82, 2.24) is 14.7 Å². The fraction of sp³-hybridized carbons (Fsp3) is 0.250. The highest BCUT2D eigenvalue weighted by molar-refractivity contribution is 6.00. The van der Waals surface area contributed by atoms with Gasteiger partial charge in [-0.1, -0.05) is 12.1 Å². The predicted molar refractivity (Wildman–Crippen MR) is 125 cm³/mol. The van der Waals surface area contributed by atoms with Gasteiger partial charge in [-0.25, -0.2) is 14.0 Å². The Hall–Kier alpha value is -4.21. The van der Waals surface area contributed by atoms with E-state index in [9.17, 15) is 18.8 Å². The molecule has 1 aromatic heterocycles. The molecule has 2 heterocycles. The number of para-hydroxylation sites is 1. The molecule has 0 saturated carbocycles. The van der Waals surface area contributed by atoms with Crippen molar-refractivity contribution >= 4 is 23.5 Å². The van der Waals surface area contributed by atoms with Crippen molar-refractivity contribution in [2.75, 3.05) is 43.5 Å². The van der Waals surface area contributed by atoms with E-state index in [-0.39, 0.29) is 17.2 Å². The number of benzene rings is 2. The highest BCUT2D eigenvalue weighted by Crippen LogP contribution is 2.18. The molecule has 9 nitrogen and oxygen atoms in total. The summed E-state index contributed by atoms with van der Waals surface area (Å²) in [7, 11) is 1.29. The summed E-state index contributed by atoms with van der Waals surface area (Å²) in [6.45, 7) is 2.07. The summed E-state index contributed by atoms with van der Waals surface area (Å²) in [5.74, 6) is -0.337. The van der Waals surface area contributed by atoms with E-state index in [4.69, 9.17) is 4.74 Å². The fourth-order valence-corrected chi connectivity index (χ4v) is 3.76. The number of halogens is 1. The van der Waals surface area contributed by atoms with Gasteiger partial charge < -0.3 is 19.9 Å². The average Bonchev–Trinajstić information content (AvgIpc) is 3.11. The zero-order chi connectivity index (χ0) is 24.1. The molecule has 0 unspecified atom stereocenters. The Balaban J connectivity index is 1.46. The van der Waals surface area contributed by atoms with Gasteiger partial charge in [-0.3, -0.25) is 4.79 Å². The van der Waals surface area contributed by atoms with Gasteiger partial charge in [0.25, 0.3) is 5.56 Å². The van der Waals surface area contributed by atoms with Crippen molar-refractivity contribution in [1.29, 1.82) is 0 Å². The molecule has 3 aromatic rings. The zero-order valence-electron chi connectivity index (χ0n) is 18.6. The number of anilines is 2. The summed E-state index contributed by atoms with van der Waals surface area (Å²) in [4.78, 5) is 40.8. The third kappa shape index (κ3) is 5.06. The molecule has 1 fully saturated rings. The topological polar surface area (TPSA) is 96.8 Å². The number of esters is 1. The number of hydrogen-bond acceptors (Lipinski definition) is 6. The third-order valence-corrected chi connectivity index (χ3v) is 5.54. The lowest BCUT2D eigenvalue weighted by Crippen LogP contribution is -2.38. The number of hydrogen-bond donors (Lipinski definition) is 1. The molecule has 0 aliphatic carbocycles. The molecular weight excluding hydrogens is 441 g/mol. The van der Waals surface area contributed by atoms with Gasteiger partial charge in [-0.05, 0) is 48.9 Å². The van der Waals surface area contributed by atoms with Crippen LogP contribution in [0.4, 0.5) is 20.7 Å². The van der Waals surface area contributed by atoms with Crippen LogP contribution < -0.4 is 15.8 Å². The van der Waals surface area contributed by atoms with Crippen LogP contribution in [0, 0.1) is 5.82 Å². The molecule has 2 amide bonds. The summed E-state index contributed by atoms with van der Waals surface area (Å²) in [6, 6.07) is 15.0. The number of ether oxygens (including phenoxy) is 1. The van der Waals surface area contributed by atoms with Gasteiger partial charge in [-0.15, -0.1) is 5.10 Å². The van der Waals surface area contributed by atoms with Crippen LogP contribution in [0.5, 0.6) is 0 Å². The predicted octanol–water partition coefficient (Wildman–Crippen LogP) is 2.90. The van der Waals surface area contributed by atoms with Gasteiger partial charge in [0.05, 0.1) is 24.0 Å². The second-order valence-corrected chi connectivity index (χ2v) is 7.71. The van der Waals surface area contributed by atoms with Gasteiger partial charge in [-0.2, -0.15) is 4.68 Å². The minimum atomic E-state index is -0.528. The van der Waals surface area contributed by atoms with Gasteiger partial charge in [0, 0.05) is 32.2 Å². The summed E-state index contributed by atoms with van der Waals surface area (Å²) < 4.78 is 19.3. The van der Waals surface area contributed by atoms with Crippen LogP contribution in [0.1, 0.15) is 16.8 Å². The lowest BCUT2D eigenvalue weighted by molar-refractivity contribution is 0.0602. The number of nitrogens with zero attached hydrogens (tertiary/aromatic N) is 4. The highest BCUT2D eigenvalue weighted by atomic mass is 19.1. The molecular formula is C24H24FN5O4. The van der Waals surface area contributed by atoms with E-state index < -0.39 is 11.8 Å². The Morgan fingerprint density at radius 2 is 1.74 bits per heavy atom. The van der Waals surface area contributed by atoms with Crippen LogP contribution in [0.3, 0.4) is 0 Å². The fourth-order valence-electron chi connectivity index (χ4n) is 3.76. The van der Waals surface area contributed by atoms with E-state index in [0.29, 0.717) is 49.8 Å². The van der Waals surface area contributed by atoms with E-state index in [2.05, 4.69) is 10.4 Å². The van der Waals surface area contributed by atoms with E-state index in [1.807, 2.05) is 4.90 Å². The van der Waals surface area contributed by atoms with Gasteiger partial charge >= 0.3 is 12.0 Å². The smallest absolute Gasteiger partial charge is 0.339 e. The van der Waals surface area contributed by atoms with Crippen molar-refractivity contribution < 1.29 is 18.7 Å². The maximum Gasteiger partial charge on any atom is 0.339 e. The molecule has 34 heavy (non-hydrogen) atoms. The quantitative estimate of drug-likeness (QED) is 0.596. The summed E-state index contributed by atoms with van der Waals surface area (Å²) in [5.41, 5.74) is 0.805. The van der Waals surface area contributed by atoms with Crippen LogP contribution >= 0.6 is 0 Å². The maximum absolute atomic E-state index is 13.3. The number of carbonyl (C=O) groups excluding carboxylic acids is 2. The lowest BCUT2D eigenvalue weighted by atomic mass is 10.2. The lowest BCUT2D eigenvalue weighted by Gasteiger charge is -2.23. The van der Waals surface area contributed by atoms with Crippen LogP contribution in [0.2, 0.25) is 0 Å². The van der Waals surface area contributed by atoms with Crippen LogP contribution in [0.15, 0.2) is 65.5 Å². The van der Waals surface area contributed by atoms with Crippen molar-refractivity contribution in [3.8, 4) is 5.69 Å². The Morgan fingerprint density at radius 1 is 0.971 bits per heavy atom. The van der Waals surface area contributed by atoms with Crippen LogP contribution in [0.25, 0.3) is 5.69 Å². The molecule has 1 aliphatic heterocycles. The number of aromatic nitrogens is 2. The number of carbonyl (C=O) groups is 2. The first-order valence-corrected chi connectivity index (χ1v) is 10.8. The summed E-state index contributed by atoms with van der Waals surface area (Å²) >= 11 is 0. The van der Waals surface area contributed by atoms with Crippen molar-refractivity contribution in [2.45, 2.75) is 6.42 Å². The maximum atomic E-state index is 13.3. The second kappa shape index (κ2) is 10.2. The van der Waals surface area contributed by atoms with Gasteiger partial charge in [0.1, 0.15) is 11.6 Å². The third-order valence-electron chi connectivity index (χ3n) is 5.54. The minimum absolute atomic E-state index is 0.280. The van der Waals surface area contributed by atoms with Gasteiger partial charge in [0.15, 0.2) is 0 Å². The first-order chi connectivity index (χ1) is 16.5. The Kier molecular flexibility index (Phi) is 6.86. The molecule has 1 aliphatic rings. The molecule has 0 atom stereocenters. The van der Waals surface area contributed by atoms with E-state index >= 15 is 0 Å². The monoisotopic (exact) mass is 465 g/mol. The number of rotatable bonds is 4. The minimum Gasteiger partial charge on any atom is -0.465 e. The van der Waals surface area contributed by atoms with Crippen molar-refractivity contribution in [2.24, 2.45) is 0 Å². The number of amides is 2. The first kappa shape index (κ1) is 23.0. The largest absolute Gasteiger partial charge is 0.465 e. The molecule has 0 radical (unpaired) electrons. The summed E-state index contributed by atoms with van der Waals surface area (Å²) in [5, 5.41) is 7.25. The normalized spacial score (nSPS) is 13.8.